The van der Waals surface area contributed by atoms with Gasteiger partial charge < -0.3 is 14.4 Å². The number of nitrogens with zero attached hydrogens (tertiary/aromatic N) is 7. The maximum Gasteiger partial charge on any atom is 0.418 e. The summed E-state index contributed by atoms with van der Waals surface area (Å²) in [5, 5.41) is 8.54. The van der Waals surface area contributed by atoms with Crippen molar-refractivity contribution in [2.75, 3.05) is 4.90 Å². The van der Waals surface area contributed by atoms with Crippen molar-refractivity contribution < 1.29 is 13.2 Å². The molecule has 1 aromatic carbocycles. The lowest BCUT2D eigenvalue weighted by Crippen LogP contribution is -2.25. The number of rotatable bonds is 5. The largest absolute Gasteiger partial charge is 0.418 e. The third kappa shape index (κ3) is 4.02. The molecule has 0 spiro atoms. The van der Waals surface area contributed by atoms with Gasteiger partial charge in [0.05, 0.1) is 17.0 Å². The van der Waals surface area contributed by atoms with Crippen LogP contribution >= 0.6 is 0 Å². The lowest BCUT2D eigenvalue weighted by Gasteiger charge is -2.34. The minimum atomic E-state index is -4.49. The van der Waals surface area contributed by atoms with E-state index in [2.05, 4.69) is 32.8 Å². The van der Waals surface area contributed by atoms with Crippen LogP contribution < -0.4 is 4.90 Å². The first kappa shape index (κ1) is 23.2. The van der Waals surface area contributed by atoms with E-state index in [0.717, 1.165) is 48.0 Å². The van der Waals surface area contributed by atoms with Gasteiger partial charge in [-0.3, -0.25) is 0 Å². The first-order chi connectivity index (χ1) is 17.8. The number of anilines is 1. The van der Waals surface area contributed by atoms with Crippen LogP contribution in [0.5, 0.6) is 0 Å². The summed E-state index contributed by atoms with van der Waals surface area (Å²) < 4.78 is 43.3. The van der Waals surface area contributed by atoms with Gasteiger partial charge in [0.1, 0.15) is 24.3 Å². The predicted octanol–water partition coefficient (Wildman–Crippen LogP) is 5.65. The number of hydrogen-bond acceptors (Lipinski definition) is 6. The molecule has 37 heavy (non-hydrogen) atoms. The second-order valence-corrected chi connectivity index (χ2v) is 9.47. The molecule has 3 aromatic rings. The van der Waals surface area contributed by atoms with E-state index >= 15 is 0 Å². The number of allylic oxidation sites excluding steroid dienone is 3. The van der Waals surface area contributed by atoms with Gasteiger partial charge in [-0.05, 0) is 60.7 Å². The van der Waals surface area contributed by atoms with Crippen molar-refractivity contribution in [2.24, 2.45) is 13.0 Å². The number of fused-ring (bicyclic) bond motifs is 1. The van der Waals surface area contributed by atoms with Crippen LogP contribution in [0.25, 0.3) is 11.3 Å². The first-order valence-corrected chi connectivity index (χ1v) is 12.0. The van der Waals surface area contributed by atoms with Gasteiger partial charge in [0.2, 0.25) is 0 Å². The number of benzene rings is 1. The minimum absolute atomic E-state index is 0.0154. The van der Waals surface area contributed by atoms with Crippen molar-refractivity contribution in [3.63, 3.8) is 0 Å². The average molecular weight is 504 g/mol. The molecule has 188 valence electrons. The fourth-order valence-corrected chi connectivity index (χ4v) is 5.20. The van der Waals surface area contributed by atoms with E-state index in [1.54, 1.807) is 23.6 Å². The van der Waals surface area contributed by atoms with E-state index in [-0.39, 0.29) is 11.6 Å². The van der Waals surface area contributed by atoms with Crippen LogP contribution in [0.1, 0.15) is 36.6 Å². The van der Waals surface area contributed by atoms with E-state index < -0.39 is 11.7 Å². The van der Waals surface area contributed by atoms with Gasteiger partial charge in [0.25, 0.3) is 0 Å². The Kier molecular flexibility index (Phi) is 5.47. The van der Waals surface area contributed by atoms with E-state index in [4.69, 9.17) is 0 Å². The normalized spacial score (nSPS) is 18.4. The fraction of sp³-hybridized carbons (Fsp3) is 0.259. The lowest BCUT2D eigenvalue weighted by molar-refractivity contribution is -0.0908. The molecule has 0 radical (unpaired) electrons. The standard InChI is InChI=1S/C27H24F3N7/c1-17-36-10-4-7-22(27(28,29)30)24(36)14-37(17)21-12-19(23-8-9-31-15-32-23)11-20(13-21)25(18-5-3-6-18)26-34-33-16-35(26)2/h4,7-16,18,25H,1,3,5-6H2,2H3. The third-order valence-electron chi connectivity index (χ3n) is 7.25. The predicted molar refractivity (Wildman–Crippen MR) is 132 cm³/mol. The summed E-state index contributed by atoms with van der Waals surface area (Å²) >= 11 is 0. The number of hydrogen-bond donors (Lipinski definition) is 0. The van der Waals surface area contributed by atoms with Gasteiger partial charge in [0, 0.05) is 42.8 Å². The molecule has 6 rings (SSSR count). The van der Waals surface area contributed by atoms with Crippen LogP contribution in [-0.4, -0.2) is 35.8 Å². The van der Waals surface area contributed by atoms with E-state index in [9.17, 15) is 13.2 Å². The second-order valence-electron chi connectivity index (χ2n) is 9.47. The molecule has 7 nitrogen and oxygen atoms in total. The Bertz CT molecular complexity index is 1450. The van der Waals surface area contributed by atoms with Crippen molar-refractivity contribution in [1.82, 2.24) is 29.6 Å². The summed E-state index contributed by atoms with van der Waals surface area (Å²) in [5.74, 6) is 1.64. The lowest BCUT2D eigenvalue weighted by atomic mass is 9.72. The van der Waals surface area contributed by atoms with Gasteiger partial charge in [-0.1, -0.05) is 13.0 Å². The van der Waals surface area contributed by atoms with Gasteiger partial charge in [-0.15, -0.1) is 10.2 Å². The molecule has 0 bridgehead atoms. The molecule has 0 amide bonds. The molecule has 10 heteroatoms. The summed E-state index contributed by atoms with van der Waals surface area (Å²) in [6.07, 6.45) is 9.22. The smallest absolute Gasteiger partial charge is 0.320 e. The Morgan fingerprint density at radius 1 is 1.14 bits per heavy atom. The van der Waals surface area contributed by atoms with Gasteiger partial charge in [0.15, 0.2) is 0 Å². The summed E-state index contributed by atoms with van der Waals surface area (Å²) in [6.45, 7) is 4.12. The summed E-state index contributed by atoms with van der Waals surface area (Å²) in [7, 11) is 1.93. The zero-order chi connectivity index (χ0) is 25.7. The van der Waals surface area contributed by atoms with Crippen molar-refractivity contribution in [2.45, 2.75) is 31.4 Å². The molecule has 2 aromatic heterocycles. The Morgan fingerprint density at radius 2 is 1.97 bits per heavy atom. The first-order valence-electron chi connectivity index (χ1n) is 12.0. The highest BCUT2D eigenvalue weighted by Crippen LogP contribution is 2.46. The molecular weight excluding hydrogens is 479 g/mol. The van der Waals surface area contributed by atoms with E-state index in [1.165, 1.54) is 23.5 Å². The molecule has 1 unspecified atom stereocenters. The Hall–Kier alpha value is -4.21. The van der Waals surface area contributed by atoms with Crippen molar-refractivity contribution in [3.8, 4) is 11.3 Å². The molecule has 1 aliphatic carbocycles. The molecule has 1 fully saturated rings. The molecule has 0 N–H and O–H groups in total. The quantitative estimate of drug-likeness (QED) is 0.448. The number of halogens is 3. The average Bonchev–Trinajstić information content (AvgIpc) is 3.43. The maximum absolute atomic E-state index is 13.8. The summed E-state index contributed by atoms with van der Waals surface area (Å²) in [6, 6.07) is 7.84. The zero-order valence-corrected chi connectivity index (χ0v) is 20.1. The molecule has 4 heterocycles. The van der Waals surface area contributed by atoms with Crippen LogP contribution in [0.3, 0.4) is 0 Å². The van der Waals surface area contributed by atoms with Crippen molar-refractivity contribution >= 4 is 5.69 Å². The van der Waals surface area contributed by atoms with Crippen LogP contribution in [0.15, 0.2) is 91.3 Å². The van der Waals surface area contributed by atoms with Gasteiger partial charge in [-0.25, -0.2) is 9.97 Å². The SMILES string of the molecule is C=C1N2C=CC=C(C(F)(F)F)C2=CN1c1cc(-c2ccncn2)cc(C(c2nncn2C)C2CCC2)c1. The Morgan fingerprint density at radius 3 is 2.62 bits per heavy atom. The summed E-state index contributed by atoms with van der Waals surface area (Å²) in [4.78, 5) is 11.6. The highest BCUT2D eigenvalue weighted by atomic mass is 19.4. The highest BCUT2D eigenvalue weighted by Gasteiger charge is 2.42. The molecule has 3 aliphatic rings. The molecular formula is C27H24F3N7. The third-order valence-corrected chi connectivity index (χ3v) is 7.25. The van der Waals surface area contributed by atoms with E-state index in [1.807, 2.05) is 29.8 Å². The van der Waals surface area contributed by atoms with Gasteiger partial charge in [-0.2, -0.15) is 13.2 Å². The number of aromatic nitrogens is 5. The Balaban J connectivity index is 1.50. The second kappa shape index (κ2) is 8.72. The highest BCUT2D eigenvalue weighted by molar-refractivity contribution is 5.72. The van der Waals surface area contributed by atoms with Crippen molar-refractivity contribution in [1.29, 1.82) is 0 Å². The van der Waals surface area contributed by atoms with Crippen LogP contribution in [0.4, 0.5) is 18.9 Å². The maximum atomic E-state index is 13.8. The zero-order valence-electron chi connectivity index (χ0n) is 20.1. The molecule has 2 aliphatic heterocycles. The monoisotopic (exact) mass is 503 g/mol. The van der Waals surface area contributed by atoms with Gasteiger partial charge >= 0.3 is 6.18 Å². The molecule has 0 saturated heterocycles. The number of aryl methyl sites for hydroxylation is 1. The van der Waals surface area contributed by atoms with Crippen molar-refractivity contribution in [3.05, 3.63) is 103 Å². The van der Waals surface area contributed by atoms with Crippen LogP contribution in [0.2, 0.25) is 0 Å². The van der Waals surface area contributed by atoms with Crippen LogP contribution in [0, 0.1) is 5.92 Å². The molecule has 1 saturated carbocycles. The summed E-state index contributed by atoms with van der Waals surface area (Å²) in [5.41, 5.74) is 2.58. The topological polar surface area (TPSA) is 63.0 Å². The fourth-order valence-electron chi connectivity index (χ4n) is 5.20. The van der Waals surface area contributed by atoms with Crippen LogP contribution in [-0.2, 0) is 7.05 Å². The Labute approximate surface area is 212 Å². The van der Waals surface area contributed by atoms with E-state index in [0.29, 0.717) is 17.4 Å². The minimum Gasteiger partial charge on any atom is -0.320 e. The molecule has 1 atom stereocenters. The number of alkyl halides is 3.